The fourth-order valence-electron chi connectivity index (χ4n) is 3.65. The van der Waals surface area contributed by atoms with E-state index in [1.807, 2.05) is 6.07 Å². The van der Waals surface area contributed by atoms with Crippen molar-refractivity contribution in [3.05, 3.63) is 72.3 Å². The predicted molar refractivity (Wildman–Crippen MR) is 120 cm³/mol. The summed E-state index contributed by atoms with van der Waals surface area (Å²) < 4.78 is 0. The van der Waals surface area contributed by atoms with Gasteiger partial charge in [0, 0.05) is 50.9 Å². The first-order valence-electron chi connectivity index (χ1n) is 10.4. The highest BCUT2D eigenvalue weighted by Crippen LogP contribution is 2.26. The number of hydrogen-bond donors (Lipinski definition) is 0. The standard InChI is InChI=1S/C24H29N5/c1-3-28(19-20-10-6-4-7-11-20)24-25-22(21-12-8-5-9-13-21)18-23(26-24)29-16-14-27(2)15-17-29/h4-13,18H,3,14-17,19H2,1-2H3. The monoisotopic (exact) mass is 387 g/mol. The molecule has 0 radical (unpaired) electrons. The van der Waals surface area contributed by atoms with Crippen LogP contribution in [0.5, 0.6) is 0 Å². The molecule has 0 amide bonds. The molecule has 0 spiro atoms. The highest BCUT2D eigenvalue weighted by atomic mass is 15.3. The summed E-state index contributed by atoms with van der Waals surface area (Å²) >= 11 is 0. The third-order valence-corrected chi connectivity index (χ3v) is 5.48. The minimum atomic E-state index is 0.798. The summed E-state index contributed by atoms with van der Waals surface area (Å²) in [7, 11) is 2.18. The second-order valence-electron chi connectivity index (χ2n) is 7.57. The summed E-state index contributed by atoms with van der Waals surface area (Å²) in [4.78, 5) is 17.0. The molecule has 1 aliphatic heterocycles. The average molecular weight is 388 g/mol. The number of anilines is 2. The van der Waals surface area contributed by atoms with Crippen molar-refractivity contribution in [2.24, 2.45) is 0 Å². The molecule has 5 nitrogen and oxygen atoms in total. The van der Waals surface area contributed by atoms with Crippen molar-refractivity contribution < 1.29 is 0 Å². The molecule has 0 unspecified atom stereocenters. The molecule has 1 saturated heterocycles. The number of hydrogen-bond acceptors (Lipinski definition) is 5. The summed E-state index contributed by atoms with van der Waals surface area (Å²) in [5, 5.41) is 0. The number of piperazine rings is 1. The van der Waals surface area contributed by atoms with Crippen molar-refractivity contribution in [2.45, 2.75) is 13.5 Å². The van der Waals surface area contributed by atoms with Crippen LogP contribution in [0.15, 0.2) is 66.7 Å². The zero-order valence-electron chi connectivity index (χ0n) is 17.3. The summed E-state index contributed by atoms with van der Waals surface area (Å²) in [5.41, 5.74) is 3.38. The van der Waals surface area contributed by atoms with Crippen LogP contribution in [0.4, 0.5) is 11.8 Å². The fourth-order valence-corrected chi connectivity index (χ4v) is 3.65. The lowest BCUT2D eigenvalue weighted by atomic mass is 10.1. The van der Waals surface area contributed by atoms with Gasteiger partial charge in [-0.2, -0.15) is 4.98 Å². The van der Waals surface area contributed by atoms with E-state index in [9.17, 15) is 0 Å². The van der Waals surface area contributed by atoms with E-state index in [4.69, 9.17) is 9.97 Å². The lowest BCUT2D eigenvalue weighted by Crippen LogP contribution is -2.45. The van der Waals surface area contributed by atoms with Gasteiger partial charge in [-0.25, -0.2) is 4.98 Å². The number of benzene rings is 2. The predicted octanol–water partition coefficient (Wildman–Crippen LogP) is 3.92. The van der Waals surface area contributed by atoms with Crippen molar-refractivity contribution in [3.63, 3.8) is 0 Å². The molecule has 2 heterocycles. The van der Waals surface area contributed by atoms with E-state index in [-0.39, 0.29) is 0 Å². The van der Waals surface area contributed by atoms with E-state index in [1.54, 1.807) is 0 Å². The molecule has 0 aliphatic carbocycles. The molecule has 1 fully saturated rings. The normalized spacial score (nSPS) is 14.8. The highest BCUT2D eigenvalue weighted by Gasteiger charge is 2.19. The molecule has 29 heavy (non-hydrogen) atoms. The summed E-state index contributed by atoms with van der Waals surface area (Å²) in [5.74, 6) is 1.82. The van der Waals surface area contributed by atoms with Crippen LogP contribution in [-0.4, -0.2) is 54.6 Å². The van der Waals surface area contributed by atoms with Gasteiger partial charge in [0.15, 0.2) is 0 Å². The lowest BCUT2D eigenvalue weighted by molar-refractivity contribution is 0.312. The second-order valence-corrected chi connectivity index (χ2v) is 7.57. The Balaban J connectivity index is 1.70. The minimum Gasteiger partial charge on any atom is -0.354 e. The van der Waals surface area contributed by atoms with Gasteiger partial charge >= 0.3 is 0 Å². The van der Waals surface area contributed by atoms with Crippen LogP contribution < -0.4 is 9.80 Å². The second kappa shape index (κ2) is 9.05. The van der Waals surface area contributed by atoms with Gasteiger partial charge in [-0.15, -0.1) is 0 Å². The zero-order valence-corrected chi connectivity index (χ0v) is 17.3. The Bertz CT molecular complexity index is 905. The maximum Gasteiger partial charge on any atom is 0.228 e. The van der Waals surface area contributed by atoms with E-state index < -0.39 is 0 Å². The van der Waals surface area contributed by atoms with Gasteiger partial charge in [0.1, 0.15) is 5.82 Å². The topological polar surface area (TPSA) is 35.5 Å². The third-order valence-electron chi connectivity index (χ3n) is 5.48. The summed E-state index contributed by atoms with van der Waals surface area (Å²) in [6.07, 6.45) is 0. The molecule has 0 saturated carbocycles. The van der Waals surface area contributed by atoms with Gasteiger partial charge in [0.25, 0.3) is 0 Å². The maximum absolute atomic E-state index is 5.00. The summed E-state index contributed by atoms with van der Waals surface area (Å²) in [6, 6.07) is 23.1. The Kier molecular flexibility index (Phi) is 6.06. The largest absolute Gasteiger partial charge is 0.354 e. The number of rotatable bonds is 6. The average Bonchev–Trinajstić information content (AvgIpc) is 2.79. The smallest absolute Gasteiger partial charge is 0.228 e. The number of nitrogens with zero attached hydrogens (tertiary/aromatic N) is 5. The Morgan fingerprint density at radius 1 is 0.862 bits per heavy atom. The van der Waals surface area contributed by atoms with Gasteiger partial charge in [0.05, 0.1) is 5.69 Å². The van der Waals surface area contributed by atoms with Gasteiger partial charge in [-0.1, -0.05) is 60.7 Å². The van der Waals surface area contributed by atoms with Crippen molar-refractivity contribution in [3.8, 4) is 11.3 Å². The van der Waals surface area contributed by atoms with Crippen LogP contribution in [0.3, 0.4) is 0 Å². The molecule has 2 aromatic carbocycles. The molecule has 0 atom stereocenters. The van der Waals surface area contributed by atoms with Crippen LogP contribution in [-0.2, 0) is 6.54 Å². The highest BCUT2D eigenvalue weighted by molar-refractivity contribution is 5.65. The van der Waals surface area contributed by atoms with Crippen LogP contribution >= 0.6 is 0 Å². The Morgan fingerprint density at radius 3 is 2.17 bits per heavy atom. The van der Waals surface area contributed by atoms with Gasteiger partial charge in [-0.05, 0) is 19.5 Å². The molecule has 1 aliphatic rings. The molecule has 1 aromatic heterocycles. The van der Waals surface area contributed by atoms with E-state index in [2.05, 4.69) is 89.3 Å². The van der Waals surface area contributed by atoms with Crippen LogP contribution in [0.1, 0.15) is 12.5 Å². The SMILES string of the molecule is CCN(Cc1ccccc1)c1nc(-c2ccccc2)cc(N2CCN(C)CC2)n1. The Morgan fingerprint density at radius 2 is 1.52 bits per heavy atom. The number of likely N-dealkylation sites (N-methyl/N-ethyl adjacent to an activating group) is 1. The zero-order chi connectivity index (χ0) is 20.1. The van der Waals surface area contributed by atoms with Gasteiger partial charge in [-0.3, -0.25) is 0 Å². The Hall–Kier alpha value is -2.92. The fraction of sp³-hybridized carbons (Fsp3) is 0.333. The van der Waals surface area contributed by atoms with Gasteiger partial charge in [0.2, 0.25) is 5.95 Å². The molecule has 4 rings (SSSR count). The molecule has 5 heteroatoms. The van der Waals surface area contributed by atoms with Crippen molar-refractivity contribution in [1.82, 2.24) is 14.9 Å². The molecule has 3 aromatic rings. The first-order chi connectivity index (χ1) is 14.2. The lowest BCUT2D eigenvalue weighted by Gasteiger charge is -2.34. The minimum absolute atomic E-state index is 0.798. The van der Waals surface area contributed by atoms with Crippen molar-refractivity contribution in [1.29, 1.82) is 0 Å². The third kappa shape index (κ3) is 4.74. The Labute approximate surface area is 173 Å². The van der Waals surface area contributed by atoms with Crippen molar-refractivity contribution >= 4 is 11.8 Å². The first-order valence-corrected chi connectivity index (χ1v) is 10.4. The van der Waals surface area contributed by atoms with Crippen LogP contribution in [0.25, 0.3) is 11.3 Å². The molecule has 0 bridgehead atoms. The molecular weight excluding hydrogens is 358 g/mol. The number of aromatic nitrogens is 2. The van der Waals surface area contributed by atoms with E-state index in [0.29, 0.717) is 0 Å². The maximum atomic E-state index is 5.00. The van der Waals surface area contributed by atoms with E-state index >= 15 is 0 Å². The summed E-state index contributed by atoms with van der Waals surface area (Å²) in [6.45, 7) is 7.92. The van der Waals surface area contributed by atoms with Crippen LogP contribution in [0, 0.1) is 0 Å². The molecule has 150 valence electrons. The van der Waals surface area contributed by atoms with Crippen LogP contribution in [0.2, 0.25) is 0 Å². The quantitative estimate of drug-likeness (QED) is 0.641. The van der Waals surface area contributed by atoms with Crippen molar-refractivity contribution in [2.75, 3.05) is 49.6 Å². The van der Waals surface area contributed by atoms with E-state index in [1.165, 1.54) is 5.56 Å². The molecular formula is C24H29N5. The first kappa shape index (κ1) is 19.4. The van der Waals surface area contributed by atoms with E-state index in [0.717, 1.165) is 62.3 Å². The van der Waals surface area contributed by atoms with Gasteiger partial charge < -0.3 is 14.7 Å². The molecule has 0 N–H and O–H groups in total.